The molecule has 5 nitrogen and oxygen atoms in total. The molecule has 1 aromatic carbocycles. The number of rotatable bonds is 4. The molecule has 1 fully saturated rings. The van der Waals surface area contributed by atoms with Gasteiger partial charge in [-0.25, -0.2) is 0 Å². The highest BCUT2D eigenvalue weighted by Gasteiger charge is 2.46. The second-order valence-corrected chi connectivity index (χ2v) is 5.65. The van der Waals surface area contributed by atoms with Crippen LogP contribution in [0.1, 0.15) is 30.1 Å². The molecular weight excluding hydrogens is 268 g/mol. The molecular formula is C16H22N2O3. The number of benzene rings is 1. The Bertz CT molecular complexity index is 518. The van der Waals surface area contributed by atoms with Crippen LogP contribution in [0.25, 0.3) is 0 Å². The van der Waals surface area contributed by atoms with Gasteiger partial charge in [-0.2, -0.15) is 0 Å². The summed E-state index contributed by atoms with van der Waals surface area (Å²) < 4.78 is 0. The third-order valence-electron chi connectivity index (χ3n) is 4.15. The highest BCUT2D eigenvalue weighted by atomic mass is 16.3. The molecule has 0 radical (unpaired) electrons. The molecule has 0 saturated carbocycles. The van der Waals surface area contributed by atoms with Gasteiger partial charge in [-0.3, -0.25) is 9.59 Å². The van der Waals surface area contributed by atoms with Crippen LogP contribution in [-0.4, -0.2) is 59.0 Å². The Labute approximate surface area is 125 Å². The van der Waals surface area contributed by atoms with Crippen molar-refractivity contribution < 1.29 is 14.7 Å². The molecule has 1 saturated heterocycles. The summed E-state index contributed by atoms with van der Waals surface area (Å²) in [5, 5.41) is 8.99. The molecule has 1 aliphatic heterocycles. The standard InChI is InChI=1S/C16H22N2O3/c1-16(15(21)17(2)11-12-19)9-6-10-18(16)14(20)13-7-4-3-5-8-13/h3-5,7-8,19H,6,9-12H2,1-2H3. The first-order valence-corrected chi connectivity index (χ1v) is 7.24. The summed E-state index contributed by atoms with van der Waals surface area (Å²) in [6, 6.07) is 9.03. The van der Waals surface area contributed by atoms with Crippen molar-refractivity contribution in [2.45, 2.75) is 25.3 Å². The summed E-state index contributed by atoms with van der Waals surface area (Å²) in [6.07, 6.45) is 1.47. The molecule has 1 unspecified atom stereocenters. The van der Waals surface area contributed by atoms with E-state index in [1.807, 2.05) is 25.1 Å². The molecule has 114 valence electrons. The van der Waals surface area contributed by atoms with E-state index in [1.54, 1.807) is 24.1 Å². The molecule has 21 heavy (non-hydrogen) atoms. The lowest BCUT2D eigenvalue weighted by Gasteiger charge is -2.36. The summed E-state index contributed by atoms with van der Waals surface area (Å²) >= 11 is 0. The van der Waals surface area contributed by atoms with Crippen LogP contribution in [0.3, 0.4) is 0 Å². The summed E-state index contributed by atoms with van der Waals surface area (Å²) in [5.74, 6) is -0.223. The second kappa shape index (κ2) is 6.26. The molecule has 1 N–H and O–H groups in total. The fourth-order valence-corrected chi connectivity index (χ4v) is 2.91. The van der Waals surface area contributed by atoms with Gasteiger partial charge in [0.1, 0.15) is 5.54 Å². The molecule has 0 spiro atoms. The Morgan fingerprint density at radius 1 is 1.33 bits per heavy atom. The first kappa shape index (κ1) is 15.5. The fourth-order valence-electron chi connectivity index (χ4n) is 2.91. The molecule has 1 atom stereocenters. The number of amides is 2. The van der Waals surface area contributed by atoms with E-state index in [2.05, 4.69) is 0 Å². The molecule has 1 aliphatic rings. The zero-order valence-electron chi connectivity index (χ0n) is 12.6. The van der Waals surface area contributed by atoms with Crippen LogP contribution in [0.5, 0.6) is 0 Å². The first-order valence-electron chi connectivity index (χ1n) is 7.24. The van der Waals surface area contributed by atoms with Gasteiger partial charge in [-0.1, -0.05) is 18.2 Å². The molecule has 0 aromatic heterocycles. The van der Waals surface area contributed by atoms with Crippen LogP contribution in [-0.2, 0) is 4.79 Å². The van der Waals surface area contributed by atoms with Gasteiger partial charge in [0.15, 0.2) is 0 Å². The summed E-state index contributed by atoms with van der Waals surface area (Å²) in [5.41, 5.74) is -0.222. The SMILES string of the molecule is CN(CCO)C(=O)C1(C)CCCN1C(=O)c1ccccc1. The van der Waals surface area contributed by atoms with E-state index >= 15 is 0 Å². The molecule has 5 heteroatoms. The van der Waals surface area contributed by atoms with E-state index in [9.17, 15) is 9.59 Å². The fraction of sp³-hybridized carbons (Fsp3) is 0.500. The predicted octanol–water partition coefficient (Wildman–Crippen LogP) is 1.13. The van der Waals surface area contributed by atoms with Gasteiger partial charge in [-0.05, 0) is 31.9 Å². The third-order valence-corrected chi connectivity index (χ3v) is 4.15. The van der Waals surface area contributed by atoms with Gasteiger partial charge in [0.25, 0.3) is 5.91 Å². The zero-order valence-corrected chi connectivity index (χ0v) is 12.6. The Balaban J connectivity index is 2.23. The van der Waals surface area contributed by atoms with Crippen molar-refractivity contribution in [3.05, 3.63) is 35.9 Å². The van der Waals surface area contributed by atoms with Crippen LogP contribution in [0.2, 0.25) is 0 Å². The van der Waals surface area contributed by atoms with Gasteiger partial charge in [0.2, 0.25) is 5.91 Å². The van der Waals surface area contributed by atoms with E-state index in [0.29, 0.717) is 18.5 Å². The van der Waals surface area contributed by atoms with Crippen molar-refractivity contribution in [1.82, 2.24) is 9.80 Å². The maximum Gasteiger partial charge on any atom is 0.254 e. The first-order chi connectivity index (χ1) is 10.0. The van der Waals surface area contributed by atoms with Crippen LogP contribution >= 0.6 is 0 Å². The maximum absolute atomic E-state index is 12.7. The Hall–Kier alpha value is -1.88. The molecule has 1 heterocycles. The number of aliphatic hydroxyl groups is 1. The Morgan fingerprint density at radius 2 is 2.00 bits per heavy atom. The average molecular weight is 290 g/mol. The minimum atomic E-state index is -0.823. The molecule has 0 aliphatic carbocycles. The Kier molecular flexibility index (Phi) is 4.63. The number of aliphatic hydroxyl groups excluding tert-OH is 1. The number of carbonyl (C=O) groups excluding carboxylic acids is 2. The number of hydrogen-bond donors (Lipinski definition) is 1. The normalized spacial score (nSPS) is 21.4. The number of likely N-dealkylation sites (tertiary alicyclic amines) is 1. The van der Waals surface area contributed by atoms with E-state index in [-0.39, 0.29) is 25.0 Å². The molecule has 0 bridgehead atoms. The molecule has 2 rings (SSSR count). The monoisotopic (exact) mass is 290 g/mol. The van der Waals surface area contributed by atoms with Crippen molar-refractivity contribution in [2.75, 3.05) is 26.7 Å². The minimum Gasteiger partial charge on any atom is -0.395 e. The lowest BCUT2D eigenvalue weighted by atomic mass is 9.96. The van der Waals surface area contributed by atoms with Gasteiger partial charge in [0, 0.05) is 25.7 Å². The number of likely N-dealkylation sites (N-methyl/N-ethyl adjacent to an activating group) is 1. The average Bonchev–Trinajstić information content (AvgIpc) is 2.90. The Morgan fingerprint density at radius 3 is 2.62 bits per heavy atom. The minimum absolute atomic E-state index is 0.0784. The summed E-state index contributed by atoms with van der Waals surface area (Å²) in [6.45, 7) is 2.60. The lowest BCUT2D eigenvalue weighted by Crippen LogP contribution is -2.56. The molecule has 2 amide bonds. The summed E-state index contributed by atoms with van der Waals surface area (Å²) in [7, 11) is 1.66. The van der Waals surface area contributed by atoms with Crippen molar-refractivity contribution in [1.29, 1.82) is 0 Å². The van der Waals surface area contributed by atoms with E-state index in [1.165, 1.54) is 4.90 Å². The summed E-state index contributed by atoms with van der Waals surface area (Å²) in [4.78, 5) is 28.4. The smallest absolute Gasteiger partial charge is 0.254 e. The number of hydrogen-bond acceptors (Lipinski definition) is 3. The van der Waals surface area contributed by atoms with Crippen molar-refractivity contribution in [3.8, 4) is 0 Å². The number of nitrogens with zero attached hydrogens (tertiary/aromatic N) is 2. The highest BCUT2D eigenvalue weighted by Crippen LogP contribution is 2.32. The topological polar surface area (TPSA) is 60.9 Å². The molecule has 1 aromatic rings. The number of carbonyl (C=O) groups is 2. The van der Waals surface area contributed by atoms with Gasteiger partial charge < -0.3 is 14.9 Å². The second-order valence-electron chi connectivity index (χ2n) is 5.65. The van der Waals surface area contributed by atoms with Crippen LogP contribution in [0, 0.1) is 0 Å². The van der Waals surface area contributed by atoms with Crippen LogP contribution < -0.4 is 0 Å². The lowest BCUT2D eigenvalue weighted by molar-refractivity contribution is -0.139. The highest BCUT2D eigenvalue weighted by molar-refractivity contribution is 5.99. The quantitative estimate of drug-likeness (QED) is 0.904. The predicted molar refractivity (Wildman–Crippen MR) is 79.8 cm³/mol. The van der Waals surface area contributed by atoms with Gasteiger partial charge in [0.05, 0.1) is 6.61 Å². The maximum atomic E-state index is 12.7. The van der Waals surface area contributed by atoms with Crippen molar-refractivity contribution >= 4 is 11.8 Å². The van der Waals surface area contributed by atoms with E-state index in [4.69, 9.17) is 5.11 Å². The third kappa shape index (κ3) is 2.93. The van der Waals surface area contributed by atoms with Crippen LogP contribution in [0.4, 0.5) is 0 Å². The van der Waals surface area contributed by atoms with Crippen molar-refractivity contribution in [2.24, 2.45) is 0 Å². The van der Waals surface area contributed by atoms with Gasteiger partial charge >= 0.3 is 0 Å². The van der Waals surface area contributed by atoms with E-state index in [0.717, 1.165) is 6.42 Å². The largest absolute Gasteiger partial charge is 0.395 e. The zero-order chi connectivity index (χ0) is 15.5. The van der Waals surface area contributed by atoms with Crippen LogP contribution in [0.15, 0.2) is 30.3 Å². The van der Waals surface area contributed by atoms with Gasteiger partial charge in [-0.15, -0.1) is 0 Å². The van der Waals surface area contributed by atoms with E-state index < -0.39 is 5.54 Å². The van der Waals surface area contributed by atoms with Crippen molar-refractivity contribution in [3.63, 3.8) is 0 Å².